The van der Waals surface area contributed by atoms with Crippen molar-refractivity contribution in [3.8, 4) is 0 Å². The number of carbonyl (C=O) groups excluding carboxylic acids is 1. The molecule has 1 atom stereocenters. The Morgan fingerprint density at radius 2 is 2.59 bits per heavy atom. The van der Waals surface area contributed by atoms with Crippen LogP contribution in [0, 0.1) is 0 Å². The molecule has 1 aliphatic rings. The molecule has 0 unspecified atom stereocenters. The number of hydrogen-bond acceptors (Lipinski definition) is 4. The Kier molecular flexibility index (Phi) is 5.35. The van der Waals surface area contributed by atoms with Gasteiger partial charge in [-0.3, -0.25) is 4.79 Å². The van der Waals surface area contributed by atoms with Crippen LogP contribution in [-0.2, 0) is 15.3 Å². The van der Waals surface area contributed by atoms with Crippen LogP contribution in [0.15, 0.2) is 17.5 Å². The molecule has 1 aromatic rings. The van der Waals surface area contributed by atoms with E-state index in [2.05, 4.69) is 16.8 Å². The normalized spacial score (nSPS) is 19.4. The Balaban J connectivity index is 1.54. The Morgan fingerprint density at radius 1 is 1.65 bits per heavy atom. The maximum absolute atomic E-state index is 11.5. The standard InChI is InChI=1S/C12H17NO2S2/c14-12(13-7-10-3-1-5-15-10)9-16-8-11-4-2-6-17-11/h2,4,6,10H,1,3,5,7-9H2,(H,13,14)/t10-/m1/s1. The highest BCUT2D eigenvalue weighted by Gasteiger charge is 2.15. The molecule has 1 N–H and O–H groups in total. The molecule has 5 heteroatoms. The van der Waals surface area contributed by atoms with E-state index in [1.165, 1.54) is 4.88 Å². The number of carbonyl (C=O) groups is 1. The molecule has 0 aliphatic carbocycles. The van der Waals surface area contributed by atoms with Gasteiger partial charge in [-0.1, -0.05) is 6.07 Å². The summed E-state index contributed by atoms with van der Waals surface area (Å²) in [7, 11) is 0. The summed E-state index contributed by atoms with van der Waals surface area (Å²) >= 11 is 3.39. The second-order valence-corrected chi connectivity index (χ2v) is 6.03. The summed E-state index contributed by atoms with van der Waals surface area (Å²) in [6.45, 7) is 1.51. The molecule has 1 aromatic heterocycles. The van der Waals surface area contributed by atoms with Gasteiger partial charge in [-0.25, -0.2) is 0 Å². The van der Waals surface area contributed by atoms with Crippen molar-refractivity contribution in [3.63, 3.8) is 0 Å². The lowest BCUT2D eigenvalue weighted by atomic mass is 10.2. The van der Waals surface area contributed by atoms with Gasteiger partial charge in [0.1, 0.15) is 0 Å². The lowest BCUT2D eigenvalue weighted by Gasteiger charge is -2.10. The van der Waals surface area contributed by atoms with E-state index in [0.717, 1.165) is 25.2 Å². The number of amides is 1. The van der Waals surface area contributed by atoms with Crippen molar-refractivity contribution in [2.75, 3.05) is 18.9 Å². The summed E-state index contributed by atoms with van der Waals surface area (Å²) in [4.78, 5) is 12.9. The quantitative estimate of drug-likeness (QED) is 0.862. The van der Waals surface area contributed by atoms with Gasteiger partial charge in [0, 0.05) is 23.8 Å². The number of rotatable bonds is 6. The van der Waals surface area contributed by atoms with Crippen LogP contribution in [-0.4, -0.2) is 30.9 Å². The highest BCUT2D eigenvalue weighted by atomic mass is 32.2. The van der Waals surface area contributed by atoms with Crippen molar-refractivity contribution in [2.45, 2.75) is 24.7 Å². The van der Waals surface area contributed by atoms with Gasteiger partial charge in [-0.15, -0.1) is 23.1 Å². The third-order valence-corrected chi connectivity index (χ3v) is 4.65. The lowest BCUT2D eigenvalue weighted by Crippen LogP contribution is -2.32. The van der Waals surface area contributed by atoms with E-state index in [0.29, 0.717) is 12.3 Å². The largest absolute Gasteiger partial charge is 0.376 e. The fraction of sp³-hybridized carbons (Fsp3) is 0.583. The van der Waals surface area contributed by atoms with E-state index in [9.17, 15) is 4.79 Å². The minimum absolute atomic E-state index is 0.113. The highest BCUT2D eigenvalue weighted by Crippen LogP contribution is 2.16. The topological polar surface area (TPSA) is 38.3 Å². The predicted octanol–water partition coefficient (Wildman–Crippen LogP) is 2.28. The van der Waals surface area contributed by atoms with E-state index in [1.807, 2.05) is 6.07 Å². The highest BCUT2D eigenvalue weighted by molar-refractivity contribution is 7.99. The second kappa shape index (κ2) is 7.03. The first-order valence-corrected chi connectivity index (χ1v) is 7.86. The average molecular weight is 271 g/mol. The lowest BCUT2D eigenvalue weighted by molar-refractivity contribution is -0.119. The van der Waals surface area contributed by atoms with E-state index < -0.39 is 0 Å². The first-order chi connectivity index (χ1) is 8.34. The molecule has 1 aliphatic heterocycles. The van der Waals surface area contributed by atoms with Crippen LogP contribution < -0.4 is 5.32 Å². The van der Waals surface area contributed by atoms with Crippen molar-refractivity contribution in [3.05, 3.63) is 22.4 Å². The van der Waals surface area contributed by atoms with Crippen LogP contribution in [0.5, 0.6) is 0 Å². The molecular formula is C12H17NO2S2. The molecule has 1 fully saturated rings. The Hall–Kier alpha value is -0.520. The molecule has 2 rings (SSSR count). The number of thioether (sulfide) groups is 1. The van der Waals surface area contributed by atoms with Crippen LogP contribution in [0.1, 0.15) is 17.7 Å². The van der Waals surface area contributed by atoms with Gasteiger partial charge in [-0.2, -0.15) is 0 Å². The fourth-order valence-corrected chi connectivity index (χ4v) is 3.42. The zero-order valence-electron chi connectivity index (χ0n) is 9.69. The van der Waals surface area contributed by atoms with E-state index >= 15 is 0 Å². The van der Waals surface area contributed by atoms with Crippen LogP contribution >= 0.6 is 23.1 Å². The zero-order chi connectivity index (χ0) is 11.9. The first kappa shape index (κ1) is 12.9. The smallest absolute Gasteiger partial charge is 0.230 e. The third-order valence-electron chi connectivity index (χ3n) is 2.61. The molecule has 1 saturated heterocycles. The van der Waals surface area contributed by atoms with Gasteiger partial charge in [0.05, 0.1) is 11.9 Å². The van der Waals surface area contributed by atoms with Crippen molar-refractivity contribution < 1.29 is 9.53 Å². The molecule has 1 amide bonds. The molecule has 94 valence electrons. The third kappa shape index (κ3) is 4.69. The van der Waals surface area contributed by atoms with Crippen molar-refractivity contribution in [1.29, 1.82) is 0 Å². The summed E-state index contributed by atoms with van der Waals surface area (Å²) in [5, 5.41) is 4.99. The van der Waals surface area contributed by atoms with Crippen molar-refractivity contribution >= 4 is 29.0 Å². The Morgan fingerprint density at radius 3 is 3.29 bits per heavy atom. The van der Waals surface area contributed by atoms with Crippen molar-refractivity contribution in [1.82, 2.24) is 5.32 Å². The number of ether oxygens (including phenoxy) is 1. The average Bonchev–Trinajstić information content (AvgIpc) is 2.99. The second-order valence-electron chi connectivity index (χ2n) is 4.01. The van der Waals surface area contributed by atoms with Crippen molar-refractivity contribution in [2.24, 2.45) is 0 Å². The summed E-state index contributed by atoms with van der Waals surface area (Å²) in [6.07, 6.45) is 2.43. The summed E-state index contributed by atoms with van der Waals surface area (Å²) in [5.41, 5.74) is 0. The van der Waals surface area contributed by atoms with Gasteiger partial charge >= 0.3 is 0 Å². The van der Waals surface area contributed by atoms with Gasteiger partial charge in [0.25, 0.3) is 0 Å². The van der Waals surface area contributed by atoms with Gasteiger partial charge in [-0.05, 0) is 24.3 Å². The molecule has 17 heavy (non-hydrogen) atoms. The number of thiophene rings is 1. The fourth-order valence-electron chi connectivity index (χ4n) is 1.72. The maximum Gasteiger partial charge on any atom is 0.230 e. The molecule has 0 bridgehead atoms. The number of nitrogens with one attached hydrogen (secondary N) is 1. The summed E-state index contributed by atoms with van der Waals surface area (Å²) < 4.78 is 5.45. The summed E-state index contributed by atoms with van der Waals surface area (Å²) in [5.74, 6) is 1.57. The van der Waals surface area contributed by atoms with Crippen LogP contribution in [0.25, 0.3) is 0 Å². The van der Waals surface area contributed by atoms with E-state index in [-0.39, 0.29) is 12.0 Å². The first-order valence-electron chi connectivity index (χ1n) is 5.83. The Bertz CT molecular complexity index is 334. The Labute approximate surface area is 110 Å². The van der Waals surface area contributed by atoms with Crippen LogP contribution in [0.2, 0.25) is 0 Å². The summed E-state index contributed by atoms with van der Waals surface area (Å²) in [6, 6.07) is 4.14. The minimum Gasteiger partial charge on any atom is -0.376 e. The molecule has 3 nitrogen and oxygen atoms in total. The molecule has 0 aromatic carbocycles. The van der Waals surface area contributed by atoms with Gasteiger partial charge < -0.3 is 10.1 Å². The van der Waals surface area contributed by atoms with Crippen LogP contribution in [0.3, 0.4) is 0 Å². The minimum atomic E-state index is 0.113. The van der Waals surface area contributed by atoms with Gasteiger partial charge in [0.2, 0.25) is 5.91 Å². The maximum atomic E-state index is 11.5. The van der Waals surface area contributed by atoms with Gasteiger partial charge in [0.15, 0.2) is 0 Å². The molecule has 2 heterocycles. The monoisotopic (exact) mass is 271 g/mol. The predicted molar refractivity (Wildman–Crippen MR) is 72.5 cm³/mol. The molecular weight excluding hydrogens is 254 g/mol. The van der Waals surface area contributed by atoms with E-state index in [1.54, 1.807) is 23.1 Å². The molecule has 0 radical (unpaired) electrons. The zero-order valence-corrected chi connectivity index (χ0v) is 11.3. The van der Waals surface area contributed by atoms with E-state index in [4.69, 9.17) is 4.74 Å². The number of hydrogen-bond donors (Lipinski definition) is 1. The van der Waals surface area contributed by atoms with Crippen LogP contribution in [0.4, 0.5) is 0 Å². The molecule has 0 spiro atoms. The molecule has 0 saturated carbocycles. The SMILES string of the molecule is O=C(CSCc1cccs1)NC[C@H]1CCCO1.